The van der Waals surface area contributed by atoms with Gasteiger partial charge in [0.25, 0.3) is 0 Å². The zero-order valence-corrected chi connectivity index (χ0v) is 18.7. The van der Waals surface area contributed by atoms with Crippen LogP contribution in [0.2, 0.25) is 0 Å². The number of hydrogen-bond donors (Lipinski definition) is 1. The van der Waals surface area contributed by atoms with Crippen molar-refractivity contribution in [2.45, 2.75) is 19.1 Å². The third-order valence-corrected chi connectivity index (χ3v) is 6.90. The average molecular weight is 429 g/mol. The number of guanidine groups is 1. The number of rotatable bonds is 5. The third kappa shape index (κ3) is 5.03. The van der Waals surface area contributed by atoms with Crippen LogP contribution in [0.5, 0.6) is 0 Å². The molecule has 2 aliphatic heterocycles. The Morgan fingerprint density at radius 1 is 1.17 bits per heavy atom. The van der Waals surface area contributed by atoms with Crippen molar-refractivity contribution in [3.63, 3.8) is 0 Å². The van der Waals surface area contributed by atoms with Crippen molar-refractivity contribution in [2.24, 2.45) is 4.99 Å². The highest BCUT2D eigenvalue weighted by atomic mass is 32.1. The molecular formula is C23H32N4O2S. The Kier molecular flexibility index (Phi) is 7.38. The fourth-order valence-electron chi connectivity index (χ4n) is 4.28. The van der Waals surface area contributed by atoms with Crippen molar-refractivity contribution in [3.8, 4) is 0 Å². The second-order valence-corrected chi connectivity index (χ2v) is 8.75. The summed E-state index contributed by atoms with van der Waals surface area (Å²) < 4.78 is 11.7. The molecule has 2 aromatic rings. The SMILES string of the molecule is CN=C(NCC(c1cccs1)N1CCOCC1)N1CCOC(c2ccccc2C)C1. The smallest absolute Gasteiger partial charge is 0.193 e. The van der Waals surface area contributed by atoms with E-state index in [1.54, 1.807) is 0 Å². The van der Waals surface area contributed by atoms with Gasteiger partial charge < -0.3 is 19.7 Å². The molecule has 2 aliphatic rings. The third-order valence-electron chi connectivity index (χ3n) is 5.92. The first-order valence-electron chi connectivity index (χ1n) is 10.7. The van der Waals surface area contributed by atoms with Gasteiger partial charge in [-0.25, -0.2) is 0 Å². The molecule has 0 bridgehead atoms. The predicted octanol–water partition coefficient (Wildman–Crippen LogP) is 3.08. The lowest BCUT2D eigenvalue weighted by atomic mass is 10.0. The minimum atomic E-state index is 0.0748. The molecule has 0 amide bonds. The summed E-state index contributed by atoms with van der Waals surface area (Å²) in [6.07, 6.45) is 0.0748. The van der Waals surface area contributed by atoms with Gasteiger partial charge in [0.1, 0.15) is 6.10 Å². The minimum absolute atomic E-state index is 0.0748. The molecule has 0 aliphatic carbocycles. The van der Waals surface area contributed by atoms with Gasteiger partial charge in [-0.2, -0.15) is 0 Å². The summed E-state index contributed by atoms with van der Waals surface area (Å²) in [5.74, 6) is 0.951. The van der Waals surface area contributed by atoms with Crippen molar-refractivity contribution in [2.75, 3.05) is 59.6 Å². The van der Waals surface area contributed by atoms with Gasteiger partial charge in [-0.3, -0.25) is 9.89 Å². The molecule has 0 spiro atoms. The van der Waals surface area contributed by atoms with E-state index in [-0.39, 0.29) is 6.10 Å². The maximum atomic E-state index is 6.10. The van der Waals surface area contributed by atoms with Crippen LogP contribution in [-0.4, -0.2) is 75.4 Å². The van der Waals surface area contributed by atoms with Crippen LogP contribution in [0.15, 0.2) is 46.8 Å². The summed E-state index contributed by atoms with van der Waals surface area (Å²) in [4.78, 5) is 10.8. The summed E-state index contributed by atoms with van der Waals surface area (Å²) >= 11 is 1.82. The Balaban J connectivity index is 1.42. The van der Waals surface area contributed by atoms with Crippen LogP contribution < -0.4 is 5.32 Å². The Morgan fingerprint density at radius 2 is 2.00 bits per heavy atom. The standard InChI is InChI=1S/C23H32N4O2S/c1-18-6-3-4-7-19(18)21-17-27(11-14-29-21)23(24-2)25-16-20(22-8-5-15-30-22)26-9-12-28-13-10-26/h3-8,15,20-21H,9-14,16-17H2,1-2H3,(H,24,25). The van der Waals surface area contributed by atoms with Gasteiger partial charge in [-0.05, 0) is 29.5 Å². The molecule has 162 valence electrons. The van der Waals surface area contributed by atoms with E-state index in [1.165, 1.54) is 16.0 Å². The van der Waals surface area contributed by atoms with E-state index in [0.29, 0.717) is 12.6 Å². The Bertz CT molecular complexity index is 820. The summed E-state index contributed by atoms with van der Waals surface area (Å²) in [7, 11) is 1.87. The highest BCUT2D eigenvalue weighted by Gasteiger charge is 2.27. The fraction of sp³-hybridized carbons (Fsp3) is 0.522. The van der Waals surface area contributed by atoms with Crippen molar-refractivity contribution in [3.05, 3.63) is 57.8 Å². The van der Waals surface area contributed by atoms with E-state index in [9.17, 15) is 0 Å². The first kappa shape index (κ1) is 21.3. The topological polar surface area (TPSA) is 49.3 Å². The number of thiophene rings is 1. The van der Waals surface area contributed by atoms with Crippen LogP contribution in [0.25, 0.3) is 0 Å². The maximum Gasteiger partial charge on any atom is 0.193 e. The molecule has 30 heavy (non-hydrogen) atoms. The van der Waals surface area contributed by atoms with Crippen LogP contribution in [0, 0.1) is 6.92 Å². The van der Waals surface area contributed by atoms with Gasteiger partial charge in [0.05, 0.1) is 32.4 Å². The Morgan fingerprint density at radius 3 is 2.73 bits per heavy atom. The molecule has 0 radical (unpaired) electrons. The average Bonchev–Trinajstić information content (AvgIpc) is 3.32. The maximum absolute atomic E-state index is 6.10. The van der Waals surface area contributed by atoms with Crippen molar-refractivity contribution in [1.29, 1.82) is 0 Å². The van der Waals surface area contributed by atoms with E-state index in [2.05, 4.69) is 68.8 Å². The molecule has 0 saturated carbocycles. The highest BCUT2D eigenvalue weighted by Crippen LogP contribution is 2.27. The van der Waals surface area contributed by atoms with E-state index >= 15 is 0 Å². The van der Waals surface area contributed by atoms with Gasteiger partial charge in [0.15, 0.2) is 5.96 Å². The number of nitrogens with zero attached hydrogens (tertiary/aromatic N) is 3. The molecule has 3 heterocycles. The van der Waals surface area contributed by atoms with Gasteiger partial charge in [0, 0.05) is 38.1 Å². The minimum Gasteiger partial charge on any atom is -0.379 e. The van der Waals surface area contributed by atoms with Crippen LogP contribution in [0.4, 0.5) is 0 Å². The lowest BCUT2D eigenvalue weighted by Gasteiger charge is -2.38. The monoisotopic (exact) mass is 428 g/mol. The number of aryl methyl sites for hydroxylation is 1. The van der Waals surface area contributed by atoms with Crippen LogP contribution in [0.1, 0.15) is 28.1 Å². The van der Waals surface area contributed by atoms with Crippen molar-refractivity contribution >= 4 is 17.3 Å². The molecule has 4 rings (SSSR count). The zero-order chi connectivity index (χ0) is 20.8. The first-order valence-corrected chi connectivity index (χ1v) is 11.6. The predicted molar refractivity (Wildman–Crippen MR) is 122 cm³/mol. The van der Waals surface area contributed by atoms with Crippen molar-refractivity contribution < 1.29 is 9.47 Å². The molecule has 7 heteroatoms. The van der Waals surface area contributed by atoms with Gasteiger partial charge in [0.2, 0.25) is 0 Å². The molecular weight excluding hydrogens is 396 g/mol. The van der Waals surface area contributed by atoms with Crippen LogP contribution in [0.3, 0.4) is 0 Å². The molecule has 2 atom stereocenters. The number of ether oxygens (including phenoxy) is 2. The summed E-state index contributed by atoms with van der Waals surface area (Å²) in [6, 6.07) is 13.2. The number of hydrogen-bond acceptors (Lipinski definition) is 5. The lowest BCUT2D eigenvalue weighted by Crippen LogP contribution is -2.50. The summed E-state index contributed by atoms with van der Waals surface area (Å²) in [6.45, 7) is 8.90. The van der Waals surface area contributed by atoms with Crippen LogP contribution >= 0.6 is 11.3 Å². The van der Waals surface area contributed by atoms with E-state index < -0.39 is 0 Å². The van der Waals surface area contributed by atoms with Gasteiger partial charge >= 0.3 is 0 Å². The second-order valence-electron chi connectivity index (χ2n) is 7.77. The molecule has 2 unspecified atom stereocenters. The molecule has 2 saturated heterocycles. The highest BCUT2D eigenvalue weighted by molar-refractivity contribution is 7.10. The van der Waals surface area contributed by atoms with Crippen LogP contribution in [-0.2, 0) is 9.47 Å². The zero-order valence-electron chi connectivity index (χ0n) is 17.9. The molecule has 2 fully saturated rings. The summed E-state index contributed by atoms with van der Waals surface area (Å²) in [5, 5.41) is 5.82. The Hall–Kier alpha value is -1.93. The number of morpholine rings is 2. The normalized spacial score (nSPS) is 22.1. The quantitative estimate of drug-likeness (QED) is 0.586. The lowest BCUT2D eigenvalue weighted by molar-refractivity contribution is -0.00879. The second kappa shape index (κ2) is 10.4. The summed E-state index contributed by atoms with van der Waals surface area (Å²) in [5.41, 5.74) is 2.54. The van der Waals surface area contributed by atoms with E-state index in [4.69, 9.17) is 9.47 Å². The fourth-order valence-corrected chi connectivity index (χ4v) is 5.14. The number of benzene rings is 1. The first-order chi connectivity index (χ1) is 14.8. The van der Waals surface area contributed by atoms with E-state index in [1.807, 2.05) is 18.4 Å². The van der Waals surface area contributed by atoms with Crippen molar-refractivity contribution in [1.82, 2.24) is 15.1 Å². The molecule has 1 aromatic heterocycles. The Labute approximate surface area is 183 Å². The molecule has 1 aromatic carbocycles. The largest absolute Gasteiger partial charge is 0.379 e. The van der Waals surface area contributed by atoms with Gasteiger partial charge in [-0.15, -0.1) is 11.3 Å². The molecule has 6 nitrogen and oxygen atoms in total. The number of nitrogens with one attached hydrogen (secondary N) is 1. The number of aliphatic imine (C=N–C) groups is 1. The van der Waals surface area contributed by atoms with Gasteiger partial charge in [-0.1, -0.05) is 30.3 Å². The molecule has 1 N–H and O–H groups in total. The van der Waals surface area contributed by atoms with E-state index in [0.717, 1.165) is 51.9 Å².